The van der Waals surface area contributed by atoms with Crippen LogP contribution < -0.4 is 5.32 Å². The molecule has 0 saturated carbocycles. The van der Waals surface area contributed by atoms with Crippen LogP contribution in [0.15, 0.2) is 0 Å². The molecule has 0 aromatic rings. The van der Waals surface area contributed by atoms with Crippen molar-refractivity contribution < 1.29 is 0 Å². The van der Waals surface area contributed by atoms with Crippen LogP contribution in [0.5, 0.6) is 0 Å². The molecule has 0 aromatic carbocycles. The minimum Gasteiger partial charge on any atom is -0.311 e. The maximum Gasteiger partial charge on any atom is 0.0197 e. The van der Waals surface area contributed by atoms with Crippen molar-refractivity contribution in [1.29, 1.82) is 0 Å². The molecule has 2 heteroatoms. The average molecular weight is 240 g/mol. The summed E-state index contributed by atoms with van der Waals surface area (Å²) < 4.78 is 0. The van der Waals surface area contributed by atoms with Crippen LogP contribution in [0.3, 0.4) is 0 Å². The zero-order chi connectivity index (χ0) is 12.7. The number of piperazine rings is 1. The minimum atomic E-state index is 0.730. The predicted molar refractivity (Wildman–Crippen MR) is 76.4 cm³/mol. The van der Waals surface area contributed by atoms with Crippen LogP contribution in [-0.2, 0) is 0 Å². The molecule has 1 atom stereocenters. The van der Waals surface area contributed by atoms with Crippen LogP contribution in [0.1, 0.15) is 53.4 Å². The van der Waals surface area contributed by atoms with Gasteiger partial charge in [0.1, 0.15) is 0 Å². The van der Waals surface area contributed by atoms with Gasteiger partial charge in [0.25, 0.3) is 0 Å². The van der Waals surface area contributed by atoms with E-state index in [2.05, 4.69) is 37.9 Å². The van der Waals surface area contributed by atoms with E-state index in [9.17, 15) is 0 Å². The fourth-order valence-corrected chi connectivity index (χ4v) is 2.71. The van der Waals surface area contributed by atoms with Gasteiger partial charge in [-0.25, -0.2) is 0 Å². The number of hydrogen-bond donors (Lipinski definition) is 1. The van der Waals surface area contributed by atoms with E-state index >= 15 is 0 Å². The Morgan fingerprint density at radius 1 is 1.12 bits per heavy atom. The molecule has 1 aliphatic rings. The molecular weight excluding hydrogens is 208 g/mol. The Kier molecular flexibility index (Phi) is 7.14. The van der Waals surface area contributed by atoms with Crippen molar-refractivity contribution >= 4 is 0 Å². The van der Waals surface area contributed by atoms with Gasteiger partial charge in [-0.1, -0.05) is 40.5 Å². The molecule has 17 heavy (non-hydrogen) atoms. The van der Waals surface area contributed by atoms with Crippen molar-refractivity contribution in [3.8, 4) is 0 Å². The third-order valence-corrected chi connectivity index (χ3v) is 3.60. The van der Waals surface area contributed by atoms with Crippen LogP contribution in [0.4, 0.5) is 0 Å². The first kappa shape index (κ1) is 15.0. The summed E-state index contributed by atoms with van der Waals surface area (Å²) in [5.41, 5.74) is 0. The average Bonchev–Trinajstić information content (AvgIpc) is 2.24. The van der Waals surface area contributed by atoms with Crippen molar-refractivity contribution in [2.75, 3.05) is 26.2 Å². The van der Waals surface area contributed by atoms with Gasteiger partial charge in [0, 0.05) is 25.7 Å². The highest BCUT2D eigenvalue weighted by atomic mass is 15.2. The lowest BCUT2D eigenvalue weighted by atomic mass is 10.0. The summed E-state index contributed by atoms with van der Waals surface area (Å²) in [5, 5.41) is 3.65. The highest BCUT2D eigenvalue weighted by Gasteiger charge is 2.19. The minimum absolute atomic E-state index is 0.730. The second-order valence-corrected chi connectivity index (χ2v) is 6.47. The molecular formula is C15H32N2. The molecule has 1 rings (SSSR count). The van der Waals surface area contributed by atoms with Gasteiger partial charge in [-0.05, 0) is 31.2 Å². The number of nitrogens with one attached hydrogen (secondary N) is 1. The van der Waals surface area contributed by atoms with E-state index in [4.69, 9.17) is 0 Å². The number of nitrogens with zero attached hydrogens (tertiary/aromatic N) is 1. The normalized spacial score (nSPS) is 22.6. The first-order chi connectivity index (χ1) is 8.08. The second kappa shape index (κ2) is 8.10. The Morgan fingerprint density at radius 2 is 1.88 bits per heavy atom. The van der Waals surface area contributed by atoms with E-state index in [0.29, 0.717) is 0 Å². The van der Waals surface area contributed by atoms with E-state index in [1.54, 1.807) is 0 Å². The lowest BCUT2D eigenvalue weighted by Crippen LogP contribution is -2.51. The molecule has 0 bridgehead atoms. The van der Waals surface area contributed by atoms with Crippen molar-refractivity contribution in [2.24, 2.45) is 11.8 Å². The zero-order valence-corrected chi connectivity index (χ0v) is 12.3. The van der Waals surface area contributed by atoms with E-state index in [0.717, 1.165) is 17.9 Å². The third kappa shape index (κ3) is 7.05. The van der Waals surface area contributed by atoms with Gasteiger partial charge in [0.05, 0.1) is 0 Å². The van der Waals surface area contributed by atoms with Gasteiger partial charge in [0.2, 0.25) is 0 Å². The highest BCUT2D eigenvalue weighted by Crippen LogP contribution is 2.11. The van der Waals surface area contributed by atoms with Crippen molar-refractivity contribution in [2.45, 2.75) is 59.4 Å². The fourth-order valence-electron chi connectivity index (χ4n) is 2.71. The highest BCUT2D eigenvalue weighted by molar-refractivity contribution is 4.79. The molecule has 1 aliphatic heterocycles. The summed E-state index contributed by atoms with van der Waals surface area (Å²) in [6.45, 7) is 14.3. The smallest absolute Gasteiger partial charge is 0.0197 e. The van der Waals surface area contributed by atoms with E-state index in [1.165, 1.54) is 51.9 Å². The maximum absolute atomic E-state index is 3.65. The summed E-state index contributed by atoms with van der Waals surface area (Å²) in [6.07, 6.45) is 5.49. The number of unbranched alkanes of at least 4 members (excludes halogenated alkanes) is 1. The lowest BCUT2D eigenvalue weighted by molar-refractivity contribution is 0.183. The van der Waals surface area contributed by atoms with E-state index in [-0.39, 0.29) is 0 Å². The maximum atomic E-state index is 3.65. The first-order valence-corrected chi connectivity index (χ1v) is 7.53. The summed E-state index contributed by atoms with van der Waals surface area (Å²) in [5.74, 6) is 1.68. The Hall–Kier alpha value is -0.0800. The van der Waals surface area contributed by atoms with Crippen LogP contribution in [0.25, 0.3) is 0 Å². The van der Waals surface area contributed by atoms with Gasteiger partial charge in [-0.2, -0.15) is 0 Å². The standard InChI is InChI=1S/C15H32N2/c1-13(2)7-5-6-9-17-10-8-16-15(12-17)11-14(3)4/h13-16H,5-12H2,1-4H3. The van der Waals surface area contributed by atoms with E-state index < -0.39 is 0 Å². The molecule has 0 aliphatic carbocycles. The topological polar surface area (TPSA) is 15.3 Å². The molecule has 102 valence electrons. The summed E-state index contributed by atoms with van der Waals surface area (Å²) >= 11 is 0. The van der Waals surface area contributed by atoms with Crippen LogP contribution in [0.2, 0.25) is 0 Å². The van der Waals surface area contributed by atoms with Gasteiger partial charge in [-0.3, -0.25) is 0 Å². The SMILES string of the molecule is CC(C)CCCCN1CCNC(CC(C)C)C1. The third-order valence-electron chi connectivity index (χ3n) is 3.60. The molecule has 0 aromatic heterocycles. The molecule has 1 N–H and O–H groups in total. The van der Waals surface area contributed by atoms with Crippen LogP contribution in [0, 0.1) is 11.8 Å². The molecule has 0 spiro atoms. The van der Waals surface area contributed by atoms with Crippen molar-refractivity contribution in [1.82, 2.24) is 10.2 Å². The second-order valence-electron chi connectivity index (χ2n) is 6.47. The Bertz CT molecular complexity index is 189. The Morgan fingerprint density at radius 3 is 2.53 bits per heavy atom. The molecule has 1 fully saturated rings. The van der Waals surface area contributed by atoms with Gasteiger partial charge < -0.3 is 10.2 Å². The molecule has 0 amide bonds. The molecule has 1 heterocycles. The summed E-state index contributed by atoms with van der Waals surface area (Å²) in [7, 11) is 0. The van der Waals surface area contributed by atoms with Crippen molar-refractivity contribution in [3.05, 3.63) is 0 Å². The van der Waals surface area contributed by atoms with Gasteiger partial charge in [0.15, 0.2) is 0 Å². The van der Waals surface area contributed by atoms with E-state index in [1.807, 2.05) is 0 Å². The van der Waals surface area contributed by atoms with Gasteiger partial charge in [-0.15, -0.1) is 0 Å². The molecule has 2 nitrogen and oxygen atoms in total. The number of rotatable bonds is 7. The fraction of sp³-hybridized carbons (Fsp3) is 1.00. The Labute approximate surface area is 108 Å². The lowest BCUT2D eigenvalue weighted by Gasteiger charge is -2.34. The molecule has 1 saturated heterocycles. The number of hydrogen-bond acceptors (Lipinski definition) is 2. The quantitative estimate of drug-likeness (QED) is 0.688. The first-order valence-electron chi connectivity index (χ1n) is 7.53. The zero-order valence-electron chi connectivity index (χ0n) is 12.3. The van der Waals surface area contributed by atoms with Gasteiger partial charge >= 0.3 is 0 Å². The largest absolute Gasteiger partial charge is 0.311 e. The molecule has 1 unspecified atom stereocenters. The summed E-state index contributed by atoms with van der Waals surface area (Å²) in [4.78, 5) is 2.66. The Balaban J connectivity index is 2.12. The van der Waals surface area contributed by atoms with Crippen LogP contribution >= 0.6 is 0 Å². The van der Waals surface area contributed by atoms with Crippen molar-refractivity contribution in [3.63, 3.8) is 0 Å². The van der Waals surface area contributed by atoms with Crippen LogP contribution in [-0.4, -0.2) is 37.1 Å². The summed E-state index contributed by atoms with van der Waals surface area (Å²) in [6, 6.07) is 0.730. The molecule has 0 radical (unpaired) electrons. The monoisotopic (exact) mass is 240 g/mol. The predicted octanol–water partition coefficient (Wildman–Crippen LogP) is 3.13.